The van der Waals surface area contributed by atoms with Crippen molar-refractivity contribution in [2.75, 3.05) is 19.8 Å². The molecule has 0 spiro atoms. The molecule has 21 heavy (non-hydrogen) atoms. The first-order valence-corrected chi connectivity index (χ1v) is 9.01. The molecule has 0 amide bonds. The van der Waals surface area contributed by atoms with Crippen LogP contribution in [-0.2, 0) is 19.0 Å². The van der Waals surface area contributed by atoms with Gasteiger partial charge in [0.1, 0.15) is 0 Å². The molecule has 0 unspecified atom stereocenters. The molecule has 0 fully saturated rings. The molecule has 0 aromatic heterocycles. The lowest BCUT2D eigenvalue weighted by molar-refractivity contribution is 0.126. The molecule has 0 heterocycles. The summed E-state index contributed by atoms with van der Waals surface area (Å²) >= 11 is 0. The van der Waals surface area contributed by atoms with Crippen LogP contribution >= 0.6 is 0 Å². The van der Waals surface area contributed by atoms with Crippen molar-refractivity contribution in [2.45, 2.75) is 50.8 Å². The summed E-state index contributed by atoms with van der Waals surface area (Å²) in [4.78, 5) is 0.219. The fourth-order valence-electron chi connectivity index (χ4n) is 1.77. The van der Waals surface area contributed by atoms with Crippen LogP contribution in [0.4, 0.5) is 0 Å². The van der Waals surface area contributed by atoms with Crippen molar-refractivity contribution >= 4 is 10.1 Å². The Morgan fingerprint density at radius 2 is 1.52 bits per heavy atom. The number of hydrogen-bond acceptors (Lipinski definition) is 4. The van der Waals surface area contributed by atoms with Gasteiger partial charge in [-0.3, -0.25) is 4.18 Å². The van der Waals surface area contributed by atoms with Gasteiger partial charge in [0.25, 0.3) is 10.1 Å². The molecule has 0 saturated carbocycles. The summed E-state index contributed by atoms with van der Waals surface area (Å²) < 4.78 is 34.3. The number of benzene rings is 1. The standard InChI is InChI=1S/C16H26O4S/c1-3-4-12-19-13-6-5-7-14-20-21(17,18)16-10-8-15(2)9-11-16/h8-11H,3-7,12-14H2,1-2H3. The van der Waals surface area contributed by atoms with Crippen molar-refractivity contribution in [3.05, 3.63) is 29.8 Å². The minimum atomic E-state index is -3.61. The number of ether oxygens (including phenoxy) is 1. The van der Waals surface area contributed by atoms with Crippen molar-refractivity contribution in [3.8, 4) is 0 Å². The van der Waals surface area contributed by atoms with E-state index in [1.165, 1.54) is 0 Å². The van der Waals surface area contributed by atoms with Crippen LogP contribution in [0, 0.1) is 6.92 Å². The van der Waals surface area contributed by atoms with Crippen molar-refractivity contribution in [3.63, 3.8) is 0 Å². The third-order valence-corrected chi connectivity index (χ3v) is 4.45. The summed E-state index contributed by atoms with van der Waals surface area (Å²) in [6, 6.07) is 6.69. The Morgan fingerprint density at radius 1 is 0.905 bits per heavy atom. The Kier molecular flexibility index (Phi) is 8.57. The lowest BCUT2D eigenvalue weighted by atomic mass is 10.2. The van der Waals surface area contributed by atoms with E-state index in [9.17, 15) is 8.42 Å². The van der Waals surface area contributed by atoms with Crippen LogP contribution in [0.2, 0.25) is 0 Å². The van der Waals surface area contributed by atoms with E-state index in [1.54, 1.807) is 24.3 Å². The molecule has 0 atom stereocenters. The first-order valence-electron chi connectivity index (χ1n) is 7.60. The van der Waals surface area contributed by atoms with Crippen LogP contribution in [-0.4, -0.2) is 28.2 Å². The smallest absolute Gasteiger partial charge is 0.296 e. The maximum Gasteiger partial charge on any atom is 0.296 e. The number of aryl methyl sites for hydroxylation is 1. The van der Waals surface area contributed by atoms with Gasteiger partial charge in [-0.2, -0.15) is 8.42 Å². The van der Waals surface area contributed by atoms with E-state index in [4.69, 9.17) is 8.92 Å². The molecule has 120 valence electrons. The molecule has 0 aliphatic rings. The largest absolute Gasteiger partial charge is 0.381 e. The number of unbranched alkanes of at least 4 members (excludes halogenated alkanes) is 3. The Balaban J connectivity index is 2.15. The van der Waals surface area contributed by atoms with Gasteiger partial charge in [-0.05, 0) is 44.7 Å². The van der Waals surface area contributed by atoms with Crippen molar-refractivity contribution in [1.29, 1.82) is 0 Å². The van der Waals surface area contributed by atoms with Crippen LogP contribution in [0.15, 0.2) is 29.2 Å². The fraction of sp³-hybridized carbons (Fsp3) is 0.625. The molecule has 0 aliphatic carbocycles. The van der Waals surface area contributed by atoms with Crippen LogP contribution in [0.1, 0.15) is 44.6 Å². The molecule has 0 aliphatic heterocycles. The van der Waals surface area contributed by atoms with Gasteiger partial charge in [-0.1, -0.05) is 31.0 Å². The molecule has 1 aromatic rings. The predicted octanol–water partition coefficient (Wildman–Crippen LogP) is 3.69. The van der Waals surface area contributed by atoms with E-state index in [0.29, 0.717) is 0 Å². The summed E-state index contributed by atoms with van der Waals surface area (Å²) in [5, 5.41) is 0. The van der Waals surface area contributed by atoms with Crippen LogP contribution in [0.5, 0.6) is 0 Å². The van der Waals surface area contributed by atoms with Gasteiger partial charge < -0.3 is 4.74 Å². The molecule has 0 bridgehead atoms. The van der Waals surface area contributed by atoms with Crippen LogP contribution in [0.25, 0.3) is 0 Å². The highest BCUT2D eigenvalue weighted by atomic mass is 32.2. The Bertz CT molecular complexity index is 480. The maximum atomic E-state index is 11.9. The van der Waals surface area contributed by atoms with E-state index in [2.05, 4.69) is 6.92 Å². The highest BCUT2D eigenvalue weighted by molar-refractivity contribution is 7.86. The SMILES string of the molecule is CCCCOCCCCCOS(=O)(=O)c1ccc(C)cc1. The summed E-state index contributed by atoms with van der Waals surface area (Å²) in [6.45, 7) is 5.83. The van der Waals surface area contributed by atoms with Crippen molar-refractivity contribution in [1.82, 2.24) is 0 Å². The summed E-state index contributed by atoms with van der Waals surface area (Å²) in [7, 11) is -3.61. The van der Waals surface area contributed by atoms with Gasteiger partial charge >= 0.3 is 0 Å². The quantitative estimate of drug-likeness (QED) is 0.462. The molecule has 1 rings (SSSR count). The predicted molar refractivity (Wildman–Crippen MR) is 83.9 cm³/mol. The molecule has 0 radical (unpaired) electrons. The average molecular weight is 314 g/mol. The molecular weight excluding hydrogens is 288 g/mol. The van der Waals surface area contributed by atoms with E-state index in [0.717, 1.165) is 50.9 Å². The van der Waals surface area contributed by atoms with Gasteiger partial charge in [-0.25, -0.2) is 0 Å². The molecular formula is C16H26O4S. The fourth-order valence-corrected chi connectivity index (χ4v) is 2.72. The average Bonchev–Trinajstić information content (AvgIpc) is 2.46. The lowest BCUT2D eigenvalue weighted by Crippen LogP contribution is -2.08. The second-order valence-corrected chi connectivity index (χ2v) is 6.73. The highest BCUT2D eigenvalue weighted by Gasteiger charge is 2.14. The van der Waals surface area contributed by atoms with Crippen molar-refractivity contribution < 1.29 is 17.3 Å². The second kappa shape index (κ2) is 9.92. The van der Waals surface area contributed by atoms with Gasteiger partial charge in [0, 0.05) is 13.2 Å². The van der Waals surface area contributed by atoms with Crippen LogP contribution in [0.3, 0.4) is 0 Å². The molecule has 1 aromatic carbocycles. The first kappa shape index (κ1) is 18.1. The third-order valence-electron chi connectivity index (χ3n) is 3.12. The third kappa shape index (κ3) is 7.60. The number of rotatable bonds is 11. The van der Waals surface area contributed by atoms with Crippen molar-refractivity contribution in [2.24, 2.45) is 0 Å². The minimum Gasteiger partial charge on any atom is -0.381 e. The van der Waals surface area contributed by atoms with Gasteiger partial charge in [0.15, 0.2) is 0 Å². The number of hydrogen-bond donors (Lipinski definition) is 0. The molecule has 4 nitrogen and oxygen atoms in total. The summed E-state index contributed by atoms with van der Waals surface area (Å²) in [6.07, 6.45) is 4.82. The molecule has 5 heteroatoms. The highest BCUT2D eigenvalue weighted by Crippen LogP contribution is 2.13. The van der Waals surface area contributed by atoms with E-state index in [1.807, 2.05) is 6.92 Å². The monoisotopic (exact) mass is 314 g/mol. The Labute approximate surface area is 128 Å². The zero-order valence-corrected chi connectivity index (χ0v) is 13.8. The topological polar surface area (TPSA) is 52.6 Å². The Morgan fingerprint density at radius 3 is 2.19 bits per heavy atom. The van der Waals surface area contributed by atoms with E-state index >= 15 is 0 Å². The zero-order chi connectivity index (χ0) is 15.6. The van der Waals surface area contributed by atoms with Gasteiger partial charge in [0.2, 0.25) is 0 Å². The van der Waals surface area contributed by atoms with Gasteiger partial charge in [-0.15, -0.1) is 0 Å². The second-order valence-electron chi connectivity index (χ2n) is 5.12. The van der Waals surface area contributed by atoms with E-state index in [-0.39, 0.29) is 11.5 Å². The maximum absolute atomic E-state index is 11.9. The summed E-state index contributed by atoms with van der Waals surface area (Å²) in [5.41, 5.74) is 1.03. The molecule has 0 N–H and O–H groups in total. The minimum absolute atomic E-state index is 0.219. The van der Waals surface area contributed by atoms with Gasteiger partial charge in [0.05, 0.1) is 11.5 Å². The van der Waals surface area contributed by atoms with Crippen LogP contribution < -0.4 is 0 Å². The van der Waals surface area contributed by atoms with E-state index < -0.39 is 10.1 Å². The lowest BCUT2D eigenvalue weighted by Gasteiger charge is -2.06. The summed E-state index contributed by atoms with van der Waals surface area (Å²) in [5.74, 6) is 0. The first-order chi connectivity index (χ1) is 10.1. The Hall–Kier alpha value is -0.910. The molecule has 0 saturated heterocycles. The zero-order valence-electron chi connectivity index (χ0n) is 13.0. The normalized spacial score (nSPS) is 11.7.